The first-order valence-electron chi connectivity index (χ1n) is 8.17. The van der Waals surface area contributed by atoms with Gasteiger partial charge in [0.15, 0.2) is 0 Å². The van der Waals surface area contributed by atoms with Gasteiger partial charge in [-0.1, -0.05) is 0 Å². The molecule has 3 rings (SSSR count). The average molecular weight is 352 g/mol. The van der Waals surface area contributed by atoms with Gasteiger partial charge in [0.1, 0.15) is 16.5 Å². The lowest BCUT2D eigenvalue weighted by Gasteiger charge is -2.29. The average Bonchev–Trinajstić information content (AvgIpc) is 2.96. The zero-order valence-corrected chi connectivity index (χ0v) is 14.7. The zero-order chi connectivity index (χ0) is 17.2. The number of alkyl halides is 2. The third kappa shape index (κ3) is 4.27. The van der Waals surface area contributed by atoms with E-state index in [1.807, 2.05) is 31.5 Å². The van der Waals surface area contributed by atoms with Crippen molar-refractivity contribution in [3.63, 3.8) is 0 Å². The molecule has 1 fully saturated rings. The van der Waals surface area contributed by atoms with Gasteiger partial charge in [0.05, 0.1) is 0 Å². The second-order valence-corrected chi connectivity index (χ2v) is 7.20. The summed E-state index contributed by atoms with van der Waals surface area (Å²) >= 11 is 1.56. The summed E-state index contributed by atoms with van der Waals surface area (Å²) in [6.07, 6.45) is 0.825. The van der Waals surface area contributed by atoms with Crippen LogP contribution in [0, 0.1) is 6.92 Å². The molecule has 130 valence electrons. The van der Waals surface area contributed by atoms with E-state index in [0.29, 0.717) is 12.8 Å². The van der Waals surface area contributed by atoms with E-state index in [-0.39, 0.29) is 18.9 Å². The fourth-order valence-corrected chi connectivity index (χ4v) is 3.70. The predicted octanol–water partition coefficient (Wildman–Crippen LogP) is 4.22. The number of aryl methyl sites for hydroxylation is 1. The van der Waals surface area contributed by atoms with Crippen molar-refractivity contribution >= 4 is 17.2 Å². The maximum absolute atomic E-state index is 13.3. The smallest absolute Gasteiger partial charge is 0.248 e. The van der Waals surface area contributed by atoms with Gasteiger partial charge in [0.2, 0.25) is 5.92 Å². The Kier molecular flexibility index (Phi) is 5.10. The quantitative estimate of drug-likeness (QED) is 0.846. The Morgan fingerprint density at radius 2 is 2.00 bits per heavy atom. The van der Waals surface area contributed by atoms with Crippen LogP contribution in [0.5, 0.6) is 0 Å². The first kappa shape index (κ1) is 17.2. The van der Waals surface area contributed by atoms with E-state index in [1.54, 1.807) is 11.3 Å². The van der Waals surface area contributed by atoms with Crippen LogP contribution in [-0.2, 0) is 6.54 Å². The molecule has 7 heteroatoms. The van der Waals surface area contributed by atoms with Gasteiger partial charge in [-0.3, -0.25) is 0 Å². The number of pyridine rings is 1. The van der Waals surface area contributed by atoms with E-state index in [4.69, 9.17) is 0 Å². The fraction of sp³-hybridized carbons (Fsp3) is 0.529. The predicted molar refractivity (Wildman–Crippen MR) is 93.7 cm³/mol. The minimum absolute atomic E-state index is 0.0489. The molecular formula is C17H22F2N4S. The monoisotopic (exact) mass is 352 g/mol. The molecule has 4 nitrogen and oxygen atoms in total. The van der Waals surface area contributed by atoms with E-state index in [2.05, 4.69) is 20.6 Å². The van der Waals surface area contributed by atoms with Crippen molar-refractivity contribution in [2.75, 3.05) is 12.4 Å². The third-order valence-electron chi connectivity index (χ3n) is 4.17. The lowest BCUT2D eigenvalue weighted by Crippen LogP contribution is -2.32. The van der Waals surface area contributed by atoms with E-state index in [0.717, 1.165) is 34.3 Å². The lowest BCUT2D eigenvalue weighted by atomic mass is 9.92. The molecule has 2 aromatic rings. The highest BCUT2D eigenvalue weighted by atomic mass is 32.1. The van der Waals surface area contributed by atoms with Crippen molar-refractivity contribution in [3.8, 4) is 10.7 Å². The number of hydrogen-bond donors (Lipinski definition) is 2. The molecule has 0 spiro atoms. The van der Waals surface area contributed by atoms with E-state index < -0.39 is 5.92 Å². The normalized spacial score (nSPS) is 17.8. The number of anilines is 1. The summed E-state index contributed by atoms with van der Waals surface area (Å²) in [6.45, 7) is 2.68. The molecule has 0 atom stereocenters. The first-order valence-corrected chi connectivity index (χ1v) is 9.05. The minimum atomic E-state index is -2.51. The lowest BCUT2D eigenvalue weighted by molar-refractivity contribution is -0.0361. The summed E-state index contributed by atoms with van der Waals surface area (Å²) < 4.78 is 26.6. The van der Waals surface area contributed by atoms with Crippen molar-refractivity contribution in [1.82, 2.24) is 15.3 Å². The van der Waals surface area contributed by atoms with E-state index in [9.17, 15) is 8.78 Å². The van der Waals surface area contributed by atoms with Gasteiger partial charge in [-0.2, -0.15) is 0 Å². The Hall–Kier alpha value is -1.60. The highest BCUT2D eigenvalue weighted by molar-refractivity contribution is 7.13. The highest BCUT2D eigenvalue weighted by Crippen LogP contribution is 2.34. The fourth-order valence-electron chi connectivity index (χ4n) is 2.94. The molecule has 0 saturated heterocycles. The van der Waals surface area contributed by atoms with Crippen molar-refractivity contribution in [3.05, 3.63) is 28.8 Å². The van der Waals surface area contributed by atoms with Crippen LogP contribution in [0.25, 0.3) is 10.7 Å². The molecule has 0 aromatic carbocycles. The number of nitrogens with one attached hydrogen (secondary N) is 2. The molecule has 0 bridgehead atoms. The maximum Gasteiger partial charge on any atom is 0.248 e. The van der Waals surface area contributed by atoms with Gasteiger partial charge in [0.25, 0.3) is 0 Å². The standard InChI is InChI=1S/C17H22F2N4S/c1-11-10-24-16(21-11)14-7-12(9-20-2)8-15(23-14)22-13-3-5-17(18,19)6-4-13/h7-8,10,13,20H,3-6,9H2,1-2H3,(H,22,23). The SMILES string of the molecule is CNCc1cc(NC2CCC(F)(F)CC2)nc(-c2nc(C)cs2)c1. The molecule has 0 amide bonds. The molecule has 1 aliphatic carbocycles. The van der Waals surface area contributed by atoms with Gasteiger partial charge >= 0.3 is 0 Å². The van der Waals surface area contributed by atoms with Crippen molar-refractivity contribution in [2.24, 2.45) is 0 Å². The van der Waals surface area contributed by atoms with Gasteiger partial charge in [-0.05, 0) is 44.5 Å². The first-order chi connectivity index (χ1) is 11.4. The Morgan fingerprint density at radius 1 is 1.25 bits per heavy atom. The second kappa shape index (κ2) is 7.11. The zero-order valence-electron chi connectivity index (χ0n) is 13.9. The van der Waals surface area contributed by atoms with Crippen LogP contribution in [0.15, 0.2) is 17.5 Å². The molecule has 2 heterocycles. The van der Waals surface area contributed by atoms with Crippen LogP contribution in [-0.4, -0.2) is 29.0 Å². The van der Waals surface area contributed by atoms with Crippen LogP contribution < -0.4 is 10.6 Å². The largest absolute Gasteiger partial charge is 0.367 e. The number of nitrogens with zero attached hydrogens (tertiary/aromatic N) is 2. The molecule has 2 N–H and O–H groups in total. The summed E-state index contributed by atoms with van der Waals surface area (Å²) in [5.74, 6) is -1.77. The summed E-state index contributed by atoms with van der Waals surface area (Å²) in [6, 6.07) is 4.05. The summed E-state index contributed by atoms with van der Waals surface area (Å²) in [5.41, 5.74) is 2.89. The van der Waals surface area contributed by atoms with Crippen molar-refractivity contribution in [2.45, 2.75) is 51.1 Å². The molecule has 1 aliphatic rings. The van der Waals surface area contributed by atoms with Crippen molar-refractivity contribution < 1.29 is 8.78 Å². The Morgan fingerprint density at radius 3 is 2.62 bits per heavy atom. The highest BCUT2D eigenvalue weighted by Gasteiger charge is 2.34. The molecule has 2 aromatic heterocycles. The molecule has 1 saturated carbocycles. The van der Waals surface area contributed by atoms with Gasteiger partial charge < -0.3 is 10.6 Å². The molecule has 24 heavy (non-hydrogen) atoms. The van der Waals surface area contributed by atoms with Gasteiger partial charge in [-0.25, -0.2) is 18.7 Å². The summed E-state index contributed by atoms with van der Waals surface area (Å²) in [5, 5.41) is 9.35. The van der Waals surface area contributed by atoms with Gasteiger partial charge in [-0.15, -0.1) is 11.3 Å². The Labute approximate surface area is 144 Å². The van der Waals surface area contributed by atoms with Gasteiger partial charge in [0, 0.05) is 36.5 Å². The van der Waals surface area contributed by atoms with Crippen LogP contribution in [0.1, 0.15) is 36.9 Å². The number of thiazole rings is 1. The van der Waals surface area contributed by atoms with Crippen LogP contribution in [0.3, 0.4) is 0 Å². The number of rotatable bonds is 5. The second-order valence-electron chi connectivity index (χ2n) is 6.34. The molecular weight excluding hydrogens is 330 g/mol. The molecule has 0 unspecified atom stereocenters. The van der Waals surface area contributed by atoms with Crippen LogP contribution in [0.2, 0.25) is 0 Å². The van der Waals surface area contributed by atoms with Crippen LogP contribution >= 0.6 is 11.3 Å². The van der Waals surface area contributed by atoms with E-state index >= 15 is 0 Å². The molecule has 0 aliphatic heterocycles. The van der Waals surface area contributed by atoms with E-state index in [1.165, 1.54) is 0 Å². The topological polar surface area (TPSA) is 49.8 Å². The molecule has 0 radical (unpaired) electrons. The summed E-state index contributed by atoms with van der Waals surface area (Å²) in [4.78, 5) is 9.15. The number of hydrogen-bond acceptors (Lipinski definition) is 5. The third-order valence-corrected chi connectivity index (χ3v) is 5.16. The van der Waals surface area contributed by atoms with Crippen molar-refractivity contribution in [1.29, 1.82) is 0 Å². The minimum Gasteiger partial charge on any atom is -0.367 e. The Bertz CT molecular complexity index is 692. The maximum atomic E-state index is 13.3. The number of aromatic nitrogens is 2. The summed E-state index contributed by atoms with van der Waals surface area (Å²) in [7, 11) is 1.89. The Balaban J connectivity index is 1.80. The number of halogens is 2. The van der Waals surface area contributed by atoms with Crippen LogP contribution in [0.4, 0.5) is 14.6 Å².